The molecule has 0 aliphatic heterocycles. The highest BCUT2D eigenvalue weighted by Gasteiger charge is 2.13. The SMILES string of the molecule is CCN(CC)C(=O)c1cccc(NCC(=O)Nc2cccc(C(=O)NCCOC)c2)c1. The molecule has 3 N–H and O–H groups in total. The Labute approximate surface area is 183 Å². The van der Waals surface area contributed by atoms with Crippen molar-refractivity contribution in [1.29, 1.82) is 0 Å². The number of ether oxygens (including phenoxy) is 1. The van der Waals surface area contributed by atoms with Gasteiger partial charge in [0.1, 0.15) is 0 Å². The number of nitrogens with one attached hydrogen (secondary N) is 3. The number of hydrogen-bond donors (Lipinski definition) is 3. The van der Waals surface area contributed by atoms with Crippen LogP contribution in [0.5, 0.6) is 0 Å². The van der Waals surface area contributed by atoms with E-state index >= 15 is 0 Å². The number of methoxy groups -OCH3 is 1. The van der Waals surface area contributed by atoms with Crippen molar-refractivity contribution in [1.82, 2.24) is 10.2 Å². The van der Waals surface area contributed by atoms with E-state index in [4.69, 9.17) is 4.74 Å². The highest BCUT2D eigenvalue weighted by Crippen LogP contribution is 2.14. The molecule has 31 heavy (non-hydrogen) atoms. The average molecular weight is 427 g/mol. The minimum Gasteiger partial charge on any atom is -0.383 e. The number of benzene rings is 2. The van der Waals surface area contributed by atoms with Crippen molar-refractivity contribution in [2.45, 2.75) is 13.8 Å². The van der Waals surface area contributed by atoms with E-state index in [-0.39, 0.29) is 24.3 Å². The van der Waals surface area contributed by atoms with Crippen LogP contribution in [0.2, 0.25) is 0 Å². The Kier molecular flexibility index (Phi) is 9.51. The molecule has 3 amide bonds. The molecule has 166 valence electrons. The Bertz CT molecular complexity index is 897. The van der Waals surface area contributed by atoms with Crippen LogP contribution in [0.1, 0.15) is 34.6 Å². The van der Waals surface area contributed by atoms with Crippen LogP contribution in [0, 0.1) is 0 Å². The van der Waals surface area contributed by atoms with Gasteiger partial charge < -0.3 is 25.6 Å². The van der Waals surface area contributed by atoms with Crippen LogP contribution in [0.3, 0.4) is 0 Å². The highest BCUT2D eigenvalue weighted by atomic mass is 16.5. The van der Waals surface area contributed by atoms with Gasteiger partial charge in [-0.15, -0.1) is 0 Å². The lowest BCUT2D eigenvalue weighted by molar-refractivity contribution is -0.114. The first-order chi connectivity index (χ1) is 15.0. The summed E-state index contributed by atoms with van der Waals surface area (Å²) in [7, 11) is 1.56. The van der Waals surface area contributed by atoms with Crippen molar-refractivity contribution in [3.05, 3.63) is 59.7 Å². The van der Waals surface area contributed by atoms with Crippen molar-refractivity contribution in [2.75, 3.05) is 50.5 Å². The van der Waals surface area contributed by atoms with Crippen molar-refractivity contribution < 1.29 is 19.1 Å². The van der Waals surface area contributed by atoms with E-state index in [1.54, 1.807) is 60.5 Å². The van der Waals surface area contributed by atoms with Crippen LogP contribution in [0.4, 0.5) is 11.4 Å². The van der Waals surface area contributed by atoms with Gasteiger partial charge in [0, 0.05) is 49.2 Å². The van der Waals surface area contributed by atoms with Crippen molar-refractivity contribution in [3.8, 4) is 0 Å². The van der Waals surface area contributed by atoms with Crippen LogP contribution < -0.4 is 16.0 Å². The number of carbonyl (C=O) groups is 3. The molecule has 2 aromatic carbocycles. The maximum Gasteiger partial charge on any atom is 0.253 e. The molecular formula is C23H30N4O4. The predicted molar refractivity (Wildman–Crippen MR) is 121 cm³/mol. The summed E-state index contributed by atoms with van der Waals surface area (Å²) in [5, 5.41) is 8.54. The molecule has 8 nitrogen and oxygen atoms in total. The Morgan fingerprint density at radius 2 is 1.58 bits per heavy atom. The minimum absolute atomic E-state index is 0.0210. The van der Waals surface area contributed by atoms with Gasteiger partial charge in [-0.25, -0.2) is 0 Å². The highest BCUT2D eigenvalue weighted by molar-refractivity contribution is 5.98. The van der Waals surface area contributed by atoms with Crippen LogP contribution >= 0.6 is 0 Å². The molecule has 0 aromatic heterocycles. The van der Waals surface area contributed by atoms with E-state index in [0.29, 0.717) is 48.7 Å². The van der Waals surface area contributed by atoms with E-state index in [0.717, 1.165) is 0 Å². The van der Waals surface area contributed by atoms with Gasteiger partial charge in [-0.05, 0) is 50.2 Å². The van der Waals surface area contributed by atoms with Crippen molar-refractivity contribution >= 4 is 29.1 Å². The summed E-state index contributed by atoms with van der Waals surface area (Å²) in [6.45, 7) is 6.00. The second-order valence-corrected chi connectivity index (χ2v) is 6.79. The van der Waals surface area contributed by atoms with Gasteiger partial charge in [-0.3, -0.25) is 14.4 Å². The monoisotopic (exact) mass is 426 g/mol. The Balaban J connectivity index is 1.92. The average Bonchev–Trinajstić information content (AvgIpc) is 2.79. The fraction of sp³-hybridized carbons (Fsp3) is 0.348. The van der Waals surface area contributed by atoms with E-state index in [1.807, 2.05) is 13.8 Å². The van der Waals surface area contributed by atoms with E-state index in [9.17, 15) is 14.4 Å². The zero-order valence-corrected chi connectivity index (χ0v) is 18.2. The molecule has 0 saturated heterocycles. The molecule has 8 heteroatoms. The third-order valence-electron chi connectivity index (χ3n) is 4.61. The lowest BCUT2D eigenvalue weighted by Crippen LogP contribution is -2.30. The molecular weight excluding hydrogens is 396 g/mol. The zero-order valence-electron chi connectivity index (χ0n) is 18.2. The topological polar surface area (TPSA) is 99.8 Å². The molecule has 2 aromatic rings. The molecule has 0 aliphatic rings. The van der Waals surface area contributed by atoms with Gasteiger partial charge in [0.05, 0.1) is 13.2 Å². The Hall–Kier alpha value is -3.39. The van der Waals surface area contributed by atoms with Gasteiger partial charge in [-0.1, -0.05) is 12.1 Å². The number of anilines is 2. The van der Waals surface area contributed by atoms with Gasteiger partial charge >= 0.3 is 0 Å². The third-order valence-corrected chi connectivity index (χ3v) is 4.61. The molecule has 0 aliphatic carbocycles. The Morgan fingerprint density at radius 3 is 2.26 bits per heavy atom. The first-order valence-electron chi connectivity index (χ1n) is 10.3. The maximum absolute atomic E-state index is 12.5. The van der Waals surface area contributed by atoms with E-state index < -0.39 is 0 Å². The lowest BCUT2D eigenvalue weighted by atomic mass is 10.1. The quantitative estimate of drug-likeness (QED) is 0.480. The standard InChI is InChI=1S/C23H30N4O4/c1-4-27(5-2)23(30)18-9-7-10-19(15-18)25-16-21(28)26-20-11-6-8-17(14-20)22(29)24-12-13-31-3/h6-11,14-15,25H,4-5,12-13,16H2,1-3H3,(H,24,29)(H,26,28). The molecule has 0 spiro atoms. The minimum atomic E-state index is -0.266. The molecule has 0 atom stereocenters. The largest absolute Gasteiger partial charge is 0.383 e. The van der Waals surface area contributed by atoms with Crippen LogP contribution in [0.25, 0.3) is 0 Å². The summed E-state index contributed by atoms with van der Waals surface area (Å²) >= 11 is 0. The summed E-state index contributed by atoms with van der Waals surface area (Å²) in [6, 6.07) is 13.8. The molecule has 0 unspecified atom stereocenters. The maximum atomic E-state index is 12.5. The first-order valence-corrected chi connectivity index (χ1v) is 10.3. The second kappa shape index (κ2) is 12.3. The summed E-state index contributed by atoms with van der Waals surface area (Å²) in [5.74, 6) is -0.544. The van der Waals surface area contributed by atoms with Gasteiger partial charge in [0.25, 0.3) is 11.8 Å². The van der Waals surface area contributed by atoms with Gasteiger partial charge in [0.15, 0.2) is 0 Å². The lowest BCUT2D eigenvalue weighted by Gasteiger charge is -2.19. The Morgan fingerprint density at radius 1 is 0.935 bits per heavy atom. The molecule has 0 heterocycles. The molecule has 0 radical (unpaired) electrons. The van der Waals surface area contributed by atoms with Crippen LogP contribution in [0.15, 0.2) is 48.5 Å². The second-order valence-electron chi connectivity index (χ2n) is 6.79. The number of amides is 3. The molecule has 0 bridgehead atoms. The summed E-state index contributed by atoms with van der Waals surface area (Å²) < 4.78 is 4.91. The van der Waals surface area contributed by atoms with Crippen LogP contribution in [-0.2, 0) is 9.53 Å². The first kappa shape index (κ1) is 23.9. The smallest absolute Gasteiger partial charge is 0.253 e. The normalized spacial score (nSPS) is 10.3. The third kappa shape index (κ3) is 7.42. The van der Waals surface area contributed by atoms with Crippen LogP contribution in [-0.4, -0.2) is 62.5 Å². The fourth-order valence-corrected chi connectivity index (χ4v) is 2.95. The van der Waals surface area contributed by atoms with E-state index in [2.05, 4.69) is 16.0 Å². The number of rotatable bonds is 11. The number of nitrogens with zero attached hydrogens (tertiary/aromatic N) is 1. The summed E-state index contributed by atoms with van der Waals surface area (Å²) in [6.07, 6.45) is 0. The number of carbonyl (C=O) groups excluding carboxylic acids is 3. The zero-order chi connectivity index (χ0) is 22.6. The predicted octanol–water partition coefficient (Wildman–Crippen LogP) is 2.60. The van der Waals surface area contributed by atoms with Crippen molar-refractivity contribution in [3.63, 3.8) is 0 Å². The van der Waals surface area contributed by atoms with Crippen molar-refractivity contribution in [2.24, 2.45) is 0 Å². The summed E-state index contributed by atoms with van der Waals surface area (Å²) in [4.78, 5) is 38.7. The fourth-order valence-electron chi connectivity index (χ4n) is 2.95. The molecule has 0 saturated carbocycles. The summed E-state index contributed by atoms with van der Waals surface area (Å²) in [5.41, 5.74) is 2.22. The molecule has 2 rings (SSSR count). The van der Waals surface area contributed by atoms with Gasteiger partial charge in [-0.2, -0.15) is 0 Å². The van der Waals surface area contributed by atoms with E-state index in [1.165, 1.54) is 0 Å². The molecule has 0 fully saturated rings. The van der Waals surface area contributed by atoms with Gasteiger partial charge in [0.2, 0.25) is 5.91 Å². The number of hydrogen-bond acceptors (Lipinski definition) is 5.